The van der Waals surface area contributed by atoms with Crippen molar-refractivity contribution in [1.29, 1.82) is 0 Å². The molecule has 0 bridgehead atoms. The van der Waals surface area contributed by atoms with Gasteiger partial charge in [0.25, 0.3) is 0 Å². The van der Waals surface area contributed by atoms with Crippen molar-refractivity contribution in [3.05, 3.63) is 0 Å². The Labute approximate surface area is 156 Å². The second kappa shape index (κ2) is 14.0. The molecule has 1 saturated carbocycles. The van der Waals surface area contributed by atoms with Gasteiger partial charge in [-0.1, -0.05) is 47.5 Å². The Morgan fingerprint density at radius 2 is 1.32 bits per heavy atom. The summed E-state index contributed by atoms with van der Waals surface area (Å²) < 4.78 is 0. The third-order valence-electron chi connectivity index (χ3n) is 4.98. The van der Waals surface area contributed by atoms with Crippen LogP contribution in [0.4, 0.5) is 0 Å². The Bertz CT molecular complexity index is 288. The van der Waals surface area contributed by atoms with Gasteiger partial charge in [0.15, 0.2) is 0 Å². The highest BCUT2D eigenvalue weighted by Gasteiger charge is 2.24. The van der Waals surface area contributed by atoms with Crippen LogP contribution in [0.1, 0.15) is 73.1 Å². The molecule has 0 heterocycles. The van der Waals surface area contributed by atoms with Gasteiger partial charge in [-0.2, -0.15) is 0 Å². The maximum absolute atomic E-state index is 9.01. The van der Waals surface area contributed by atoms with E-state index < -0.39 is 0 Å². The minimum Gasteiger partial charge on any atom is -0.396 e. The van der Waals surface area contributed by atoms with Crippen molar-refractivity contribution in [2.45, 2.75) is 73.1 Å². The molecule has 1 fully saturated rings. The van der Waals surface area contributed by atoms with Gasteiger partial charge in [-0.3, -0.25) is 4.90 Å². The summed E-state index contributed by atoms with van der Waals surface area (Å²) >= 11 is 0. The van der Waals surface area contributed by atoms with Crippen molar-refractivity contribution < 1.29 is 15.3 Å². The van der Waals surface area contributed by atoms with Crippen LogP contribution in [0.15, 0.2) is 0 Å². The Kier molecular flexibility index (Phi) is 13.9. The number of aliphatic hydroxyl groups is 3. The molecule has 0 saturated heterocycles. The summed E-state index contributed by atoms with van der Waals surface area (Å²) in [5, 5.41) is 26.4. The van der Waals surface area contributed by atoms with Gasteiger partial charge in [0.1, 0.15) is 0 Å². The van der Waals surface area contributed by atoms with Gasteiger partial charge in [0.2, 0.25) is 0 Å². The molecule has 0 radical (unpaired) electrons. The summed E-state index contributed by atoms with van der Waals surface area (Å²) in [5.41, 5.74) is 0.483. The molecule has 0 aromatic rings. The zero-order valence-electron chi connectivity index (χ0n) is 17.5. The van der Waals surface area contributed by atoms with E-state index in [1.54, 1.807) is 0 Å². The van der Waals surface area contributed by atoms with Gasteiger partial charge in [0.05, 0.1) is 13.2 Å². The summed E-state index contributed by atoms with van der Waals surface area (Å²) in [5.74, 6) is 2.21. The monoisotopic (exact) mass is 359 g/mol. The van der Waals surface area contributed by atoms with Crippen LogP contribution >= 0.6 is 0 Å². The number of hydrogen-bond donors (Lipinski definition) is 3. The molecular formula is C21H45NO3. The van der Waals surface area contributed by atoms with E-state index in [1.807, 2.05) is 0 Å². The van der Waals surface area contributed by atoms with E-state index in [-0.39, 0.29) is 13.2 Å². The highest BCUT2D eigenvalue weighted by Crippen LogP contribution is 2.36. The van der Waals surface area contributed by atoms with Crippen molar-refractivity contribution in [3.63, 3.8) is 0 Å². The van der Waals surface area contributed by atoms with E-state index in [4.69, 9.17) is 15.3 Å². The molecule has 0 unspecified atom stereocenters. The fraction of sp³-hybridized carbons (Fsp3) is 1.00. The van der Waals surface area contributed by atoms with E-state index in [9.17, 15) is 0 Å². The van der Waals surface area contributed by atoms with Crippen molar-refractivity contribution in [2.24, 2.45) is 23.2 Å². The van der Waals surface area contributed by atoms with Gasteiger partial charge in [-0.15, -0.1) is 0 Å². The van der Waals surface area contributed by atoms with E-state index in [2.05, 4.69) is 39.5 Å². The first-order valence-corrected chi connectivity index (χ1v) is 10.3. The molecule has 3 N–H and O–H groups in total. The lowest BCUT2D eigenvalue weighted by Gasteiger charge is -2.31. The van der Waals surface area contributed by atoms with E-state index in [0.29, 0.717) is 36.9 Å². The molecule has 25 heavy (non-hydrogen) atoms. The standard InChI is InChI=1S/C12H24O.C9H21NO2/c1-12(2,3)8-10-4-6-11(9-13)7-5-10;1-9(2)3-4-10(5-7-11)6-8-12/h10-11,13H,4-9H2,1-3H3;9,11-12H,3-8H2,1-2H3. The van der Waals surface area contributed by atoms with Crippen molar-refractivity contribution in [1.82, 2.24) is 4.90 Å². The SMILES string of the molecule is CC(C)(C)CC1CCC(CO)CC1.CC(C)CCN(CCO)CCO. The molecule has 0 spiro atoms. The molecule has 0 amide bonds. The first-order valence-electron chi connectivity index (χ1n) is 10.3. The molecule has 4 nitrogen and oxygen atoms in total. The third kappa shape index (κ3) is 14.7. The minimum absolute atomic E-state index is 0.179. The van der Waals surface area contributed by atoms with E-state index in [0.717, 1.165) is 18.9 Å². The van der Waals surface area contributed by atoms with Gasteiger partial charge in [0, 0.05) is 19.7 Å². The third-order valence-corrected chi connectivity index (χ3v) is 4.98. The van der Waals surface area contributed by atoms with Crippen LogP contribution in [0, 0.1) is 23.2 Å². The molecule has 152 valence electrons. The van der Waals surface area contributed by atoms with Crippen LogP contribution in [0.25, 0.3) is 0 Å². The molecule has 0 atom stereocenters. The van der Waals surface area contributed by atoms with Crippen LogP contribution in [0.3, 0.4) is 0 Å². The number of aliphatic hydroxyl groups excluding tert-OH is 3. The first kappa shape index (κ1) is 24.8. The van der Waals surface area contributed by atoms with Gasteiger partial charge >= 0.3 is 0 Å². The highest BCUT2D eigenvalue weighted by molar-refractivity contribution is 4.76. The summed E-state index contributed by atoms with van der Waals surface area (Å²) in [7, 11) is 0. The van der Waals surface area contributed by atoms with Crippen LogP contribution < -0.4 is 0 Å². The van der Waals surface area contributed by atoms with Crippen molar-refractivity contribution in [3.8, 4) is 0 Å². The van der Waals surface area contributed by atoms with E-state index in [1.165, 1.54) is 32.1 Å². The smallest absolute Gasteiger partial charge is 0.0558 e. The lowest BCUT2D eigenvalue weighted by atomic mass is 9.75. The first-order chi connectivity index (χ1) is 11.7. The number of hydrogen-bond acceptors (Lipinski definition) is 4. The molecule has 1 rings (SSSR count). The maximum Gasteiger partial charge on any atom is 0.0558 e. The van der Waals surface area contributed by atoms with Crippen LogP contribution in [0.5, 0.6) is 0 Å². The summed E-state index contributed by atoms with van der Waals surface area (Å²) in [6.07, 6.45) is 7.64. The zero-order valence-corrected chi connectivity index (χ0v) is 17.5. The highest BCUT2D eigenvalue weighted by atomic mass is 16.3. The predicted octanol–water partition coefficient (Wildman–Crippen LogP) is 3.54. The molecule has 1 aliphatic carbocycles. The second-order valence-electron chi connectivity index (χ2n) is 9.31. The summed E-state index contributed by atoms with van der Waals surface area (Å²) in [6, 6.07) is 0. The Hall–Kier alpha value is -0.160. The fourth-order valence-corrected chi connectivity index (χ4v) is 3.54. The summed E-state index contributed by atoms with van der Waals surface area (Å²) in [4.78, 5) is 2.08. The average molecular weight is 360 g/mol. The number of nitrogens with zero attached hydrogens (tertiary/aromatic N) is 1. The lowest BCUT2D eigenvalue weighted by Crippen LogP contribution is -2.31. The summed E-state index contributed by atoms with van der Waals surface area (Å²) in [6.45, 7) is 14.4. The Morgan fingerprint density at radius 1 is 0.840 bits per heavy atom. The topological polar surface area (TPSA) is 63.9 Å². The molecule has 0 aromatic carbocycles. The van der Waals surface area contributed by atoms with Crippen molar-refractivity contribution in [2.75, 3.05) is 39.5 Å². The molecule has 0 aliphatic heterocycles. The van der Waals surface area contributed by atoms with E-state index >= 15 is 0 Å². The Morgan fingerprint density at radius 3 is 1.68 bits per heavy atom. The molecule has 1 aliphatic rings. The van der Waals surface area contributed by atoms with Crippen LogP contribution in [0.2, 0.25) is 0 Å². The largest absolute Gasteiger partial charge is 0.396 e. The zero-order chi connectivity index (χ0) is 19.3. The van der Waals surface area contributed by atoms with Gasteiger partial charge in [-0.05, 0) is 55.4 Å². The molecular weight excluding hydrogens is 314 g/mol. The lowest BCUT2D eigenvalue weighted by molar-refractivity contribution is 0.147. The number of rotatable bonds is 9. The Balaban J connectivity index is 0.000000463. The van der Waals surface area contributed by atoms with Crippen molar-refractivity contribution >= 4 is 0 Å². The molecule has 4 heteroatoms. The second-order valence-corrected chi connectivity index (χ2v) is 9.31. The molecule has 0 aromatic heterocycles. The maximum atomic E-state index is 9.01. The normalized spacial score (nSPS) is 21.4. The van der Waals surface area contributed by atoms with Crippen LogP contribution in [-0.2, 0) is 0 Å². The quantitative estimate of drug-likeness (QED) is 0.589. The average Bonchev–Trinajstić information content (AvgIpc) is 2.53. The fourth-order valence-electron chi connectivity index (χ4n) is 3.54. The van der Waals surface area contributed by atoms with Gasteiger partial charge in [-0.25, -0.2) is 0 Å². The minimum atomic E-state index is 0.179. The van der Waals surface area contributed by atoms with Crippen LogP contribution in [-0.4, -0.2) is 59.7 Å². The predicted molar refractivity (Wildman–Crippen MR) is 107 cm³/mol. The van der Waals surface area contributed by atoms with Gasteiger partial charge < -0.3 is 15.3 Å².